The van der Waals surface area contributed by atoms with E-state index in [1.807, 2.05) is 0 Å². The molecule has 5 rings (SSSR count). The maximum Gasteiger partial charge on any atom is 0.276 e. The summed E-state index contributed by atoms with van der Waals surface area (Å²) in [5.41, 5.74) is 5.75. The number of fused-ring (bicyclic) bond motifs is 1. The number of aliphatic hydroxyl groups excluding tert-OH is 1. The second-order valence-electron chi connectivity index (χ2n) is 8.06. The van der Waals surface area contributed by atoms with Gasteiger partial charge < -0.3 is 9.84 Å². The van der Waals surface area contributed by atoms with Gasteiger partial charge in [0.1, 0.15) is 11.3 Å². The molecule has 1 aliphatic carbocycles. The lowest BCUT2D eigenvalue weighted by Crippen LogP contribution is -2.26. The molecule has 4 aromatic rings. The summed E-state index contributed by atoms with van der Waals surface area (Å²) < 4.78 is 7.09. The van der Waals surface area contributed by atoms with Gasteiger partial charge in [-0.05, 0) is 37.1 Å². The minimum Gasteiger partial charge on any atom is -0.496 e. The topological polar surface area (TPSA) is 107 Å². The summed E-state index contributed by atoms with van der Waals surface area (Å²) in [6, 6.07) is 7.09. The molecule has 0 bridgehead atoms. The van der Waals surface area contributed by atoms with Crippen molar-refractivity contribution in [2.45, 2.75) is 37.7 Å². The number of hydrogen-bond donors (Lipinski definition) is 2. The van der Waals surface area contributed by atoms with Gasteiger partial charge in [-0.1, -0.05) is 24.4 Å². The third kappa shape index (κ3) is 4.05. The fourth-order valence-corrected chi connectivity index (χ4v) is 4.57. The average Bonchev–Trinajstić information content (AvgIpc) is 3.44. The van der Waals surface area contributed by atoms with Gasteiger partial charge in [0.15, 0.2) is 5.65 Å². The Bertz CT molecular complexity index is 1320. The Morgan fingerprint density at radius 2 is 2.12 bits per heavy atom. The number of nitrogens with one attached hydrogen (secondary N) is 1. The molecule has 9 nitrogen and oxygen atoms in total. The zero-order valence-corrected chi connectivity index (χ0v) is 18.7. The summed E-state index contributed by atoms with van der Waals surface area (Å²) in [5, 5.41) is 20.1. The van der Waals surface area contributed by atoms with Crippen LogP contribution < -0.4 is 10.2 Å². The highest BCUT2D eigenvalue weighted by Gasteiger charge is 2.31. The second kappa shape index (κ2) is 8.84. The molecule has 1 aliphatic rings. The van der Waals surface area contributed by atoms with Crippen LogP contribution >= 0.6 is 11.6 Å². The first-order valence-electron chi connectivity index (χ1n) is 10.8. The highest BCUT2D eigenvalue weighted by atomic mass is 35.5. The van der Waals surface area contributed by atoms with Crippen molar-refractivity contribution in [3.8, 4) is 16.9 Å². The van der Waals surface area contributed by atoms with Crippen LogP contribution in [0.2, 0.25) is 5.02 Å². The minimum absolute atomic E-state index is 0.158. The number of ether oxygens (including phenoxy) is 1. The average molecular weight is 467 g/mol. The molecule has 1 fully saturated rings. The van der Waals surface area contributed by atoms with E-state index in [-0.39, 0.29) is 5.92 Å². The Morgan fingerprint density at radius 3 is 2.94 bits per heavy atom. The molecule has 33 heavy (non-hydrogen) atoms. The maximum atomic E-state index is 13.0. The summed E-state index contributed by atoms with van der Waals surface area (Å²) in [4.78, 5) is 18.6. The molecule has 1 aromatic carbocycles. The number of rotatable bonds is 5. The number of methoxy groups -OCH3 is 1. The van der Waals surface area contributed by atoms with Crippen LogP contribution in [0.4, 0.5) is 0 Å². The first-order valence-corrected chi connectivity index (χ1v) is 11.1. The molecule has 0 unspecified atom stereocenters. The van der Waals surface area contributed by atoms with Gasteiger partial charge in [-0.15, -0.1) is 0 Å². The first kappa shape index (κ1) is 21.4. The van der Waals surface area contributed by atoms with Crippen molar-refractivity contribution in [3.63, 3.8) is 0 Å². The van der Waals surface area contributed by atoms with Gasteiger partial charge in [0, 0.05) is 34.5 Å². The number of amides is 1. The van der Waals surface area contributed by atoms with Crippen LogP contribution in [0, 0.1) is 0 Å². The van der Waals surface area contributed by atoms with Crippen LogP contribution in [-0.2, 0) is 0 Å². The largest absolute Gasteiger partial charge is 0.496 e. The number of hydrogen-bond acceptors (Lipinski definition) is 6. The lowest BCUT2D eigenvalue weighted by atomic mass is 9.82. The normalized spacial score (nSPS) is 18.4. The quantitative estimate of drug-likeness (QED) is 0.465. The van der Waals surface area contributed by atoms with E-state index in [9.17, 15) is 9.90 Å². The molecule has 170 valence electrons. The van der Waals surface area contributed by atoms with Crippen molar-refractivity contribution in [1.82, 2.24) is 24.5 Å². The lowest BCUT2D eigenvalue weighted by Gasteiger charge is -2.27. The molecule has 1 saturated carbocycles. The number of carbonyl (C=O) groups excluding carboxylic acids is 1. The van der Waals surface area contributed by atoms with Crippen molar-refractivity contribution in [2.75, 3.05) is 12.5 Å². The minimum atomic E-state index is -0.509. The van der Waals surface area contributed by atoms with E-state index in [1.165, 1.54) is 15.5 Å². The Balaban J connectivity index is 1.56. The highest BCUT2D eigenvalue weighted by Crippen LogP contribution is 2.41. The van der Waals surface area contributed by atoms with Gasteiger partial charge in [-0.2, -0.15) is 15.0 Å². The standard InChI is InChI=1S/C23H23ClN6O3/c1-33-20-8-7-14(24)11-16(20)18-13-30(27-21(18)15-5-2-3-6-19(15)31)28-23(32)17-12-26-29-10-4-9-25-22(17)29/h4,7-13,15,19,31H,2-3,5-6H2,1H3,(H,28,32)/t15-,19+/m1/s1. The van der Waals surface area contributed by atoms with Crippen molar-refractivity contribution < 1.29 is 14.6 Å². The number of halogens is 1. The summed E-state index contributed by atoms with van der Waals surface area (Å²) in [5.74, 6) is 0.0736. The Labute approximate surface area is 194 Å². The first-order chi connectivity index (χ1) is 16.0. The molecule has 1 amide bonds. The smallest absolute Gasteiger partial charge is 0.276 e. The van der Waals surface area contributed by atoms with Gasteiger partial charge in [0.05, 0.1) is 31.3 Å². The molecule has 0 radical (unpaired) electrons. The third-order valence-electron chi connectivity index (χ3n) is 6.02. The van der Waals surface area contributed by atoms with Crippen LogP contribution in [0.25, 0.3) is 16.8 Å². The molecule has 3 heterocycles. The van der Waals surface area contributed by atoms with Crippen LogP contribution in [-0.4, -0.2) is 48.7 Å². The summed E-state index contributed by atoms with van der Waals surface area (Å²) in [7, 11) is 1.59. The van der Waals surface area contributed by atoms with Crippen molar-refractivity contribution in [3.05, 3.63) is 65.3 Å². The van der Waals surface area contributed by atoms with E-state index in [0.29, 0.717) is 34.1 Å². The molecule has 0 saturated heterocycles. The van der Waals surface area contributed by atoms with Gasteiger partial charge in [0.2, 0.25) is 0 Å². The van der Waals surface area contributed by atoms with Gasteiger partial charge in [-0.25, -0.2) is 14.9 Å². The fraction of sp³-hybridized carbons (Fsp3) is 0.304. The molecule has 10 heteroatoms. The lowest BCUT2D eigenvalue weighted by molar-refractivity contribution is 0.100. The molecular formula is C23H23ClN6O3. The zero-order chi connectivity index (χ0) is 22.9. The number of aliphatic hydroxyl groups is 1. The van der Waals surface area contributed by atoms with Crippen LogP contribution in [0.5, 0.6) is 5.75 Å². The monoisotopic (exact) mass is 466 g/mol. The second-order valence-corrected chi connectivity index (χ2v) is 8.50. The molecule has 2 N–H and O–H groups in total. The summed E-state index contributed by atoms with van der Waals surface area (Å²) in [6.45, 7) is 0. The van der Waals surface area contributed by atoms with Crippen molar-refractivity contribution in [1.29, 1.82) is 0 Å². The molecule has 2 atom stereocenters. The molecule has 0 aliphatic heterocycles. The van der Waals surface area contributed by atoms with Crippen LogP contribution in [0.1, 0.15) is 47.7 Å². The predicted octanol–water partition coefficient (Wildman–Crippen LogP) is 3.66. The van der Waals surface area contributed by atoms with Gasteiger partial charge in [-0.3, -0.25) is 4.79 Å². The van der Waals surface area contributed by atoms with Crippen molar-refractivity contribution in [2.24, 2.45) is 0 Å². The zero-order valence-electron chi connectivity index (χ0n) is 18.0. The van der Waals surface area contributed by atoms with E-state index in [1.54, 1.807) is 50.0 Å². The highest BCUT2D eigenvalue weighted by molar-refractivity contribution is 6.31. The number of benzene rings is 1. The van der Waals surface area contributed by atoms with E-state index in [2.05, 4.69) is 20.6 Å². The number of carbonyl (C=O) groups is 1. The number of aromatic nitrogens is 5. The van der Waals surface area contributed by atoms with E-state index in [0.717, 1.165) is 30.4 Å². The maximum absolute atomic E-state index is 13.0. The summed E-state index contributed by atoms with van der Waals surface area (Å²) in [6.07, 6.45) is 9.51. The predicted molar refractivity (Wildman–Crippen MR) is 123 cm³/mol. The third-order valence-corrected chi connectivity index (χ3v) is 6.25. The van der Waals surface area contributed by atoms with E-state index >= 15 is 0 Å². The summed E-state index contributed by atoms with van der Waals surface area (Å²) >= 11 is 6.29. The molecule has 0 spiro atoms. The Kier molecular flexibility index (Phi) is 5.74. The van der Waals surface area contributed by atoms with Crippen molar-refractivity contribution >= 4 is 23.2 Å². The molecular weight excluding hydrogens is 444 g/mol. The van der Waals surface area contributed by atoms with Crippen LogP contribution in [0.3, 0.4) is 0 Å². The van der Waals surface area contributed by atoms with E-state index < -0.39 is 12.0 Å². The Morgan fingerprint density at radius 1 is 1.27 bits per heavy atom. The van der Waals surface area contributed by atoms with Gasteiger partial charge in [0.25, 0.3) is 5.91 Å². The fourth-order valence-electron chi connectivity index (χ4n) is 4.40. The van der Waals surface area contributed by atoms with E-state index in [4.69, 9.17) is 16.3 Å². The number of nitrogens with zero attached hydrogens (tertiary/aromatic N) is 5. The van der Waals surface area contributed by atoms with Gasteiger partial charge >= 0.3 is 0 Å². The Hall–Kier alpha value is -3.43. The van der Waals surface area contributed by atoms with Crippen LogP contribution in [0.15, 0.2) is 49.1 Å². The SMILES string of the molecule is COc1ccc(Cl)cc1-c1cn(NC(=O)c2cnn3cccnc23)nc1[C@@H]1CCCC[C@@H]1O. The molecule has 3 aromatic heterocycles.